The lowest BCUT2D eigenvalue weighted by atomic mass is 10.1. The van der Waals surface area contributed by atoms with E-state index in [1.54, 1.807) is 5.56 Å². The molecule has 1 aliphatic rings. The van der Waals surface area contributed by atoms with Crippen molar-refractivity contribution in [3.8, 4) is 0 Å². The van der Waals surface area contributed by atoms with Crippen molar-refractivity contribution in [3.05, 3.63) is 35.9 Å². The maximum atomic E-state index is 2.29. The van der Waals surface area contributed by atoms with Gasteiger partial charge in [-0.3, -0.25) is 0 Å². The van der Waals surface area contributed by atoms with Crippen LogP contribution in [0.5, 0.6) is 0 Å². The van der Waals surface area contributed by atoms with E-state index in [0.29, 0.717) is 0 Å². The van der Waals surface area contributed by atoms with Gasteiger partial charge in [-0.1, -0.05) is 43.7 Å². The van der Waals surface area contributed by atoms with Gasteiger partial charge < -0.3 is 0 Å². The molecule has 1 aromatic rings. The first-order valence-corrected chi connectivity index (χ1v) is 4.46. The van der Waals surface area contributed by atoms with Crippen LogP contribution in [0, 0.1) is 5.92 Å². The summed E-state index contributed by atoms with van der Waals surface area (Å²) in [5.74, 6) is 1.87. The van der Waals surface area contributed by atoms with Crippen LogP contribution in [0.1, 0.15) is 31.2 Å². The first-order chi connectivity index (χ1) is 5.42. The molecule has 0 unspecified atom stereocenters. The Bertz CT molecular complexity index is 225. The topological polar surface area (TPSA) is 0 Å². The van der Waals surface area contributed by atoms with Crippen LogP contribution in [0.3, 0.4) is 0 Å². The second-order valence-electron chi connectivity index (χ2n) is 3.42. The van der Waals surface area contributed by atoms with Crippen molar-refractivity contribution >= 4 is 0 Å². The zero-order valence-electron chi connectivity index (χ0n) is 6.96. The van der Waals surface area contributed by atoms with Gasteiger partial charge in [0.05, 0.1) is 0 Å². The van der Waals surface area contributed by atoms with E-state index >= 15 is 0 Å². The van der Waals surface area contributed by atoms with Crippen molar-refractivity contribution in [2.24, 2.45) is 5.92 Å². The molecule has 0 heteroatoms. The van der Waals surface area contributed by atoms with Gasteiger partial charge in [-0.25, -0.2) is 0 Å². The molecule has 0 bridgehead atoms. The predicted molar refractivity (Wildman–Crippen MR) is 47.6 cm³/mol. The molecule has 2 rings (SSSR count). The molecule has 0 spiro atoms. The average molecular weight is 146 g/mol. The molecular weight excluding hydrogens is 132 g/mol. The highest BCUT2D eigenvalue weighted by molar-refractivity contribution is 5.25. The van der Waals surface area contributed by atoms with Crippen LogP contribution in [0.4, 0.5) is 0 Å². The molecule has 0 nitrogen and oxygen atoms in total. The number of benzene rings is 1. The van der Waals surface area contributed by atoms with E-state index in [2.05, 4.69) is 37.3 Å². The fourth-order valence-electron chi connectivity index (χ4n) is 1.81. The highest BCUT2D eigenvalue weighted by atomic mass is 14.4. The second-order valence-corrected chi connectivity index (χ2v) is 3.42. The van der Waals surface area contributed by atoms with Gasteiger partial charge in [0.1, 0.15) is 0 Å². The lowest BCUT2D eigenvalue weighted by Crippen LogP contribution is -1.80. The van der Waals surface area contributed by atoms with E-state index in [1.807, 2.05) is 0 Å². The van der Waals surface area contributed by atoms with Gasteiger partial charge in [0.2, 0.25) is 0 Å². The van der Waals surface area contributed by atoms with Crippen LogP contribution in [-0.2, 0) is 0 Å². The molecule has 2 atom stereocenters. The molecule has 0 radical (unpaired) electrons. The number of hydrogen-bond donors (Lipinski definition) is 0. The third-order valence-electron chi connectivity index (χ3n) is 2.67. The van der Waals surface area contributed by atoms with Crippen molar-refractivity contribution in [2.75, 3.05) is 0 Å². The Hall–Kier alpha value is -0.780. The first kappa shape index (κ1) is 6.90. The minimum Gasteiger partial charge on any atom is -0.0651 e. The van der Waals surface area contributed by atoms with Crippen LogP contribution in [0.15, 0.2) is 30.3 Å². The Morgan fingerprint density at radius 1 is 1.27 bits per heavy atom. The third kappa shape index (κ3) is 1.30. The fourth-order valence-corrected chi connectivity index (χ4v) is 1.81. The Morgan fingerprint density at radius 2 is 2.00 bits per heavy atom. The van der Waals surface area contributed by atoms with E-state index in [9.17, 15) is 0 Å². The van der Waals surface area contributed by atoms with Crippen molar-refractivity contribution in [2.45, 2.75) is 25.7 Å². The van der Waals surface area contributed by atoms with E-state index in [-0.39, 0.29) is 0 Å². The Morgan fingerprint density at radius 3 is 2.55 bits per heavy atom. The van der Waals surface area contributed by atoms with Crippen LogP contribution in [0.2, 0.25) is 0 Å². The van der Waals surface area contributed by atoms with E-state index in [0.717, 1.165) is 11.8 Å². The van der Waals surface area contributed by atoms with Gasteiger partial charge in [0.25, 0.3) is 0 Å². The summed E-state index contributed by atoms with van der Waals surface area (Å²) in [7, 11) is 0. The number of hydrogen-bond acceptors (Lipinski definition) is 0. The minimum atomic E-state index is 0.890. The second kappa shape index (κ2) is 2.69. The van der Waals surface area contributed by atoms with Gasteiger partial charge in [-0.15, -0.1) is 0 Å². The van der Waals surface area contributed by atoms with E-state index in [1.165, 1.54) is 12.8 Å². The molecule has 0 heterocycles. The van der Waals surface area contributed by atoms with Gasteiger partial charge in [0, 0.05) is 0 Å². The summed E-state index contributed by atoms with van der Waals surface area (Å²) in [6, 6.07) is 10.9. The maximum Gasteiger partial charge on any atom is -0.0131 e. The van der Waals surface area contributed by atoms with Crippen molar-refractivity contribution in [3.63, 3.8) is 0 Å². The van der Waals surface area contributed by atoms with Crippen LogP contribution in [0.25, 0.3) is 0 Å². The van der Waals surface area contributed by atoms with E-state index in [4.69, 9.17) is 0 Å². The third-order valence-corrected chi connectivity index (χ3v) is 2.67. The highest BCUT2D eigenvalue weighted by Crippen LogP contribution is 2.49. The summed E-state index contributed by atoms with van der Waals surface area (Å²) in [5.41, 5.74) is 1.54. The summed E-state index contributed by atoms with van der Waals surface area (Å²) < 4.78 is 0. The Labute approximate surface area is 68.3 Å². The van der Waals surface area contributed by atoms with Gasteiger partial charge in [-0.2, -0.15) is 0 Å². The minimum absolute atomic E-state index is 0.890. The van der Waals surface area contributed by atoms with Crippen LogP contribution < -0.4 is 0 Å². The Kier molecular flexibility index (Phi) is 1.69. The molecule has 1 saturated carbocycles. The van der Waals surface area contributed by atoms with Crippen molar-refractivity contribution < 1.29 is 0 Å². The average Bonchev–Trinajstić information content (AvgIpc) is 2.85. The molecule has 11 heavy (non-hydrogen) atoms. The maximum absolute atomic E-state index is 2.29. The molecular formula is C11H14. The largest absolute Gasteiger partial charge is 0.0651 e. The molecule has 0 N–H and O–H groups in total. The lowest BCUT2D eigenvalue weighted by Gasteiger charge is -1.96. The van der Waals surface area contributed by atoms with E-state index < -0.39 is 0 Å². The number of rotatable bonds is 2. The van der Waals surface area contributed by atoms with Crippen LogP contribution in [-0.4, -0.2) is 0 Å². The highest BCUT2D eigenvalue weighted by Gasteiger charge is 2.35. The van der Waals surface area contributed by atoms with Crippen LogP contribution >= 0.6 is 0 Å². The Balaban J connectivity index is 2.09. The molecule has 1 fully saturated rings. The van der Waals surface area contributed by atoms with Gasteiger partial charge in [-0.05, 0) is 23.8 Å². The van der Waals surface area contributed by atoms with Gasteiger partial charge in [0.15, 0.2) is 0 Å². The van der Waals surface area contributed by atoms with Crippen molar-refractivity contribution in [1.82, 2.24) is 0 Å². The molecule has 0 saturated heterocycles. The molecule has 1 aromatic carbocycles. The molecule has 1 aliphatic carbocycles. The quantitative estimate of drug-likeness (QED) is 0.601. The molecule has 0 aliphatic heterocycles. The monoisotopic (exact) mass is 146 g/mol. The zero-order valence-corrected chi connectivity index (χ0v) is 6.96. The standard InChI is InChI=1S/C11H14/c1-2-9-8-11(9)10-6-4-3-5-7-10/h3-7,9,11H,2,8H2,1H3/t9-,11+/m1/s1. The first-order valence-electron chi connectivity index (χ1n) is 4.46. The smallest absolute Gasteiger partial charge is 0.0131 e. The zero-order chi connectivity index (χ0) is 7.68. The SMILES string of the molecule is CC[C@@H]1C[C@@H]1c1ccccc1. The molecule has 58 valence electrons. The molecule has 0 amide bonds. The lowest BCUT2D eigenvalue weighted by molar-refractivity contribution is 0.766. The predicted octanol–water partition coefficient (Wildman–Crippen LogP) is 3.20. The summed E-state index contributed by atoms with van der Waals surface area (Å²) in [6.07, 6.45) is 2.76. The fraction of sp³-hybridized carbons (Fsp3) is 0.455. The van der Waals surface area contributed by atoms with Gasteiger partial charge >= 0.3 is 0 Å². The summed E-state index contributed by atoms with van der Waals surface area (Å²) >= 11 is 0. The summed E-state index contributed by atoms with van der Waals surface area (Å²) in [6.45, 7) is 2.29. The summed E-state index contributed by atoms with van der Waals surface area (Å²) in [4.78, 5) is 0. The summed E-state index contributed by atoms with van der Waals surface area (Å²) in [5, 5.41) is 0. The normalized spacial score (nSPS) is 28.5. The molecule has 0 aromatic heterocycles. The van der Waals surface area contributed by atoms with Crippen molar-refractivity contribution in [1.29, 1.82) is 0 Å².